The molecular weight excluding hydrogens is 314 g/mol. The van der Waals surface area contributed by atoms with E-state index in [9.17, 15) is 18.3 Å². The van der Waals surface area contributed by atoms with E-state index >= 15 is 0 Å². The van der Waals surface area contributed by atoms with Gasteiger partial charge in [0.1, 0.15) is 6.04 Å². The summed E-state index contributed by atoms with van der Waals surface area (Å²) in [6, 6.07) is 8.29. The maximum Gasteiger partial charge on any atom is 0.322 e. The van der Waals surface area contributed by atoms with E-state index in [-0.39, 0.29) is 11.4 Å². The van der Waals surface area contributed by atoms with Crippen molar-refractivity contribution >= 4 is 26.8 Å². The van der Waals surface area contributed by atoms with Gasteiger partial charge in [-0.05, 0) is 48.3 Å². The molecule has 0 aromatic heterocycles. The van der Waals surface area contributed by atoms with Crippen LogP contribution >= 0.6 is 0 Å². The fourth-order valence-corrected chi connectivity index (χ4v) is 5.69. The van der Waals surface area contributed by atoms with Gasteiger partial charge in [0.15, 0.2) is 0 Å². The lowest BCUT2D eigenvalue weighted by molar-refractivity contribution is -0.140. The van der Waals surface area contributed by atoms with Crippen LogP contribution in [0.25, 0.3) is 10.8 Å². The number of carboxylic acids is 1. The molecule has 6 heteroatoms. The predicted molar refractivity (Wildman–Crippen MR) is 85.9 cm³/mol. The zero-order valence-electron chi connectivity index (χ0n) is 12.5. The standard InChI is InChI=1S/C17H17NO4S/c19-17(20)14-5-2-10-18(14)23(21,22)15-9-8-12-7-6-11-3-1-4-13(15)16(11)12/h1,3-4,8-9,14H,2,5-7,10H2,(H,19,20)/t14-/m0/s1. The Balaban J connectivity index is 1.91. The Morgan fingerprint density at radius 2 is 1.87 bits per heavy atom. The molecule has 2 aromatic rings. The minimum atomic E-state index is -3.81. The summed E-state index contributed by atoms with van der Waals surface area (Å²) in [5.41, 5.74) is 2.34. The van der Waals surface area contributed by atoms with Crippen LogP contribution in [0.5, 0.6) is 0 Å². The first-order chi connectivity index (χ1) is 11.0. The number of hydrogen-bond donors (Lipinski definition) is 1. The van der Waals surface area contributed by atoms with Gasteiger partial charge in [-0.2, -0.15) is 4.31 Å². The summed E-state index contributed by atoms with van der Waals surface area (Å²) in [6.07, 6.45) is 2.81. The van der Waals surface area contributed by atoms with Crippen molar-refractivity contribution in [3.8, 4) is 0 Å². The summed E-state index contributed by atoms with van der Waals surface area (Å²) in [5.74, 6) is -1.07. The van der Waals surface area contributed by atoms with Crippen LogP contribution in [-0.2, 0) is 27.7 Å². The zero-order chi connectivity index (χ0) is 16.2. The van der Waals surface area contributed by atoms with Crippen LogP contribution in [-0.4, -0.2) is 36.4 Å². The van der Waals surface area contributed by atoms with Gasteiger partial charge in [0.05, 0.1) is 4.90 Å². The van der Waals surface area contributed by atoms with Crippen molar-refractivity contribution in [2.45, 2.75) is 36.6 Å². The van der Waals surface area contributed by atoms with E-state index < -0.39 is 22.0 Å². The molecule has 0 amide bonds. The van der Waals surface area contributed by atoms with Gasteiger partial charge in [0.25, 0.3) is 0 Å². The number of rotatable bonds is 3. The Bertz CT molecular complexity index is 909. The summed E-state index contributed by atoms with van der Waals surface area (Å²) >= 11 is 0. The first-order valence-corrected chi connectivity index (χ1v) is 9.22. The second-order valence-electron chi connectivity index (χ2n) is 6.17. The number of carbonyl (C=O) groups is 1. The van der Waals surface area contributed by atoms with Crippen molar-refractivity contribution in [1.29, 1.82) is 0 Å². The van der Waals surface area contributed by atoms with E-state index in [1.54, 1.807) is 6.07 Å². The van der Waals surface area contributed by atoms with E-state index in [2.05, 4.69) is 0 Å². The molecule has 0 spiro atoms. The quantitative estimate of drug-likeness (QED) is 0.935. The molecule has 1 saturated heterocycles. The largest absolute Gasteiger partial charge is 0.480 e. The molecule has 1 N–H and O–H groups in total. The number of hydrogen-bond acceptors (Lipinski definition) is 3. The molecule has 1 fully saturated rings. The van der Waals surface area contributed by atoms with Crippen molar-refractivity contribution < 1.29 is 18.3 Å². The molecule has 2 aliphatic rings. The Morgan fingerprint density at radius 3 is 2.61 bits per heavy atom. The molecule has 120 valence electrons. The maximum atomic E-state index is 13.1. The van der Waals surface area contributed by atoms with Crippen molar-refractivity contribution in [1.82, 2.24) is 4.31 Å². The Labute approximate surface area is 134 Å². The third-order valence-electron chi connectivity index (χ3n) is 4.91. The van der Waals surface area contributed by atoms with Crippen LogP contribution in [0.4, 0.5) is 0 Å². The lowest BCUT2D eigenvalue weighted by Gasteiger charge is -2.22. The molecule has 0 bridgehead atoms. The van der Waals surface area contributed by atoms with E-state index in [0.29, 0.717) is 18.2 Å². The fraction of sp³-hybridized carbons (Fsp3) is 0.353. The summed E-state index contributed by atoms with van der Waals surface area (Å²) < 4.78 is 27.3. The van der Waals surface area contributed by atoms with Crippen LogP contribution in [0.2, 0.25) is 0 Å². The number of carboxylic acid groups (broad SMARTS) is 1. The van der Waals surface area contributed by atoms with Gasteiger partial charge in [-0.25, -0.2) is 8.42 Å². The number of sulfonamides is 1. The van der Waals surface area contributed by atoms with Crippen LogP contribution in [0, 0.1) is 0 Å². The highest BCUT2D eigenvalue weighted by atomic mass is 32.2. The molecule has 1 atom stereocenters. The van der Waals surface area contributed by atoms with E-state index in [1.165, 1.54) is 11.1 Å². The summed E-state index contributed by atoms with van der Waals surface area (Å²) in [4.78, 5) is 11.6. The van der Waals surface area contributed by atoms with Crippen LogP contribution in [0.1, 0.15) is 24.0 Å². The van der Waals surface area contributed by atoms with E-state index in [1.807, 2.05) is 24.3 Å². The van der Waals surface area contributed by atoms with Gasteiger partial charge < -0.3 is 5.11 Å². The van der Waals surface area contributed by atoms with Crippen molar-refractivity contribution in [2.24, 2.45) is 0 Å². The molecule has 0 saturated carbocycles. The Kier molecular flexibility index (Phi) is 3.21. The Morgan fingerprint density at radius 1 is 1.13 bits per heavy atom. The summed E-state index contributed by atoms with van der Waals surface area (Å²) in [5, 5.41) is 11.0. The highest BCUT2D eigenvalue weighted by molar-refractivity contribution is 7.89. The topological polar surface area (TPSA) is 74.7 Å². The van der Waals surface area contributed by atoms with Gasteiger partial charge in [0.2, 0.25) is 10.0 Å². The molecule has 5 nitrogen and oxygen atoms in total. The highest BCUT2D eigenvalue weighted by Crippen LogP contribution is 2.36. The zero-order valence-corrected chi connectivity index (χ0v) is 13.3. The van der Waals surface area contributed by atoms with E-state index in [4.69, 9.17) is 0 Å². The average Bonchev–Trinajstić information content (AvgIpc) is 3.16. The lowest BCUT2D eigenvalue weighted by atomic mass is 10.1. The third-order valence-corrected chi connectivity index (χ3v) is 6.88. The molecule has 4 rings (SSSR count). The van der Waals surface area contributed by atoms with Gasteiger partial charge >= 0.3 is 5.97 Å². The molecule has 2 aromatic carbocycles. The van der Waals surface area contributed by atoms with Crippen molar-refractivity contribution in [3.63, 3.8) is 0 Å². The first kappa shape index (κ1) is 14.7. The van der Waals surface area contributed by atoms with E-state index in [0.717, 1.165) is 22.5 Å². The molecule has 1 aliphatic carbocycles. The number of benzene rings is 2. The molecular formula is C17H17NO4S. The van der Waals surface area contributed by atoms with Crippen LogP contribution < -0.4 is 0 Å². The third kappa shape index (κ3) is 2.09. The molecule has 0 radical (unpaired) electrons. The molecule has 1 heterocycles. The number of aliphatic carboxylic acids is 1. The minimum absolute atomic E-state index is 0.230. The Hall–Kier alpha value is -1.92. The molecule has 23 heavy (non-hydrogen) atoms. The fourth-order valence-electron chi connectivity index (χ4n) is 3.85. The monoisotopic (exact) mass is 331 g/mol. The second-order valence-corrected chi connectivity index (χ2v) is 8.03. The highest BCUT2D eigenvalue weighted by Gasteiger charge is 2.40. The second kappa shape index (κ2) is 5.04. The van der Waals surface area contributed by atoms with Gasteiger partial charge in [-0.1, -0.05) is 24.3 Å². The average molecular weight is 331 g/mol. The predicted octanol–water partition coefficient (Wildman–Crippen LogP) is 2.18. The van der Waals surface area contributed by atoms with Gasteiger partial charge in [-0.3, -0.25) is 4.79 Å². The molecule has 1 aliphatic heterocycles. The SMILES string of the molecule is O=C(O)[C@@H]1CCCN1S(=O)(=O)c1ccc2c3c(cccc13)CC2. The number of nitrogens with zero attached hydrogens (tertiary/aromatic N) is 1. The molecule has 0 unspecified atom stereocenters. The normalized spacial score (nSPS) is 21.1. The lowest BCUT2D eigenvalue weighted by Crippen LogP contribution is -2.40. The first-order valence-electron chi connectivity index (χ1n) is 7.78. The summed E-state index contributed by atoms with van der Waals surface area (Å²) in [7, 11) is -3.81. The minimum Gasteiger partial charge on any atom is -0.480 e. The van der Waals surface area contributed by atoms with Gasteiger partial charge in [-0.15, -0.1) is 0 Å². The van der Waals surface area contributed by atoms with Crippen LogP contribution in [0.15, 0.2) is 35.2 Å². The van der Waals surface area contributed by atoms with Crippen LogP contribution in [0.3, 0.4) is 0 Å². The van der Waals surface area contributed by atoms with Crippen molar-refractivity contribution in [3.05, 3.63) is 41.5 Å². The summed E-state index contributed by atoms with van der Waals surface area (Å²) in [6.45, 7) is 0.266. The van der Waals surface area contributed by atoms with Gasteiger partial charge in [0, 0.05) is 11.9 Å². The number of aryl methyl sites for hydroxylation is 2. The smallest absolute Gasteiger partial charge is 0.322 e. The van der Waals surface area contributed by atoms with Crippen molar-refractivity contribution in [2.75, 3.05) is 6.54 Å². The maximum absolute atomic E-state index is 13.1.